The molecule has 0 radical (unpaired) electrons. The Labute approximate surface area is 242 Å². The minimum Gasteiger partial charge on any atom is -0.444 e. The van der Waals surface area contributed by atoms with Crippen LogP contribution in [0.4, 0.5) is 21.0 Å². The van der Waals surface area contributed by atoms with E-state index in [9.17, 15) is 14.4 Å². The molecule has 0 aliphatic rings. The van der Waals surface area contributed by atoms with Crippen LogP contribution in [0, 0.1) is 6.92 Å². The summed E-state index contributed by atoms with van der Waals surface area (Å²) in [5.74, 6) is 0. The van der Waals surface area contributed by atoms with Gasteiger partial charge in [0.25, 0.3) is 0 Å². The van der Waals surface area contributed by atoms with Gasteiger partial charge in [0.15, 0.2) is 0 Å². The van der Waals surface area contributed by atoms with Crippen molar-refractivity contribution in [1.82, 2.24) is 5.32 Å². The number of aryl methyl sites for hydroxylation is 1. The molecule has 41 heavy (non-hydrogen) atoms. The lowest BCUT2D eigenvalue weighted by atomic mass is 9.96. The zero-order valence-electron chi connectivity index (χ0n) is 25.7. The number of hydrogen-bond donors (Lipinski definition) is 2. The molecule has 0 aliphatic heterocycles. The van der Waals surface area contributed by atoms with Crippen molar-refractivity contribution in [2.45, 2.75) is 79.9 Å². The molecule has 3 rings (SSSR count). The van der Waals surface area contributed by atoms with E-state index in [-0.39, 0.29) is 6.54 Å². The summed E-state index contributed by atoms with van der Waals surface area (Å²) in [5.41, 5.74) is 2.90. The first-order chi connectivity index (χ1) is 19.1. The van der Waals surface area contributed by atoms with Gasteiger partial charge in [0.1, 0.15) is 16.8 Å². The molecule has 0 atom stereocenters. The quantitative estimate of drug-likeness (QED) is 0.282. The van der Waals surface area contributed by atoms with Gasteiger partial charge in [-0.3, -0.25) is 5.32 Å². The first-order valence-electron chi connectivity index (χ1n) is 14.0. The van der Waals surface area contributed by atoms with E-state index in [0.717, 1.165) is 29.7 Å². The number of benzene rings is 2. The first-order valence-corrected chi connectivity index (χ1v) is 14.0. The lowest BCUT2D eigenvalue weighted by molar-refractivity contribution is 0.0527. The minimum atomic E-state index is -0.672. The largest absolute Gasteiger partial charge is 0.444 e. The number of carbonyl (C=O) groups excluding carboxylic acids is 2. The van der Waals surface area contributed by atoms with E-state index >= 15 is 0 Å². The number of amides is 2. The second-order valence-electron chi connectivity index (χ2n) is 11.9. The molecule has 3 aromatic rings. The third-order valence-electron chi connectivity index (χ3n) is 6.37. The van der Waals surface area contributed by atoms with Gasteiger partial charge in [-0.1, -0.05) is 6.07 Å². The predicted octanol–water partition coefficient (Wildman–Crippen LogP) is 7.03. The average molecular weight is 566 g/mol. The Balaban J connectivity index is 2.00. The van der Waals surface area contributed by atoms with Crippen molar-refractivity contribution >= 4 is 34.5 Å². The fraction of sp³-hybridized carbons (Fsp3) is 0.469. The van der Waals surface area contributed by atoms with Crippen LogP contribution >= 0.6 is 0 Å². The molecule has 0 aliphatic carbocycles. The van der Waals surface area contributed by atoms with Gasteiger partial charge in [0, 0.05) is 42.5 Å². The molecule has 0 fully saturated rings. The summed E-state index contributed by atoms with van der Waals surface area (Å²) in [4.78, 5) is 40.2. The van der Waals surface area contributed by atoms with Crippen molar-refractivity contribution in [3.8, 4) is 11.1 Å². The van der Waals surface area contributed by atoms with Crippen LogP contribution in [-0.4, -0.2) is 43.0 Å². The van der Waals surface area contributed by atoms with Gasteiger partial charge in [0.05, 0.1) is 5.56 Å². The number of hydrogen-bond acceptors (Lipinski definition) is 7. The number of fused-ring (bicyclic) bond motifs is 1. The van der Waals surface area contributed by atoms with Crippen LogP contribution in [0.3, 0.4) is 0 Å². The molecule has 0 unspecified atom stereocenters. The number of alkyl carbamates (subject to hydrolysis) is 1. The van der Waals surface area contributed by atoms with Crippen LogP contribution in [0.15, 0.2) is 45.6 Å². The minimum absolute atomic E-state index is 0.251. The summed E-state index contributed by atoms with van der Waals surface area (Å²) < 4.78 is 16.6. The molecular formula is C32H43N3O6. The Kier molecular flexibility index (Phi) is 9.73. The van der Waals surface area contributed by atoms with Gasteiger partial charge in [-0.15, -0.1) is 0 Å². The highest BCUT2D eigenvalue weighted by molar-refractivity contribution is 5.90. The van der Waals surface area contributed by atoms with Crippen molar-refractivity contribution in [2.24, 2.45) is 0 Å². The molecule has 0 spiro atoms. The maximum Gasteiger partial charge on any atom is 0.412 e. The fourth-order valence-corrected chi connectivity index (χ4v) is 4.57. The Morgan fingerprint density at radius 1 is 0.902 bits per heavy atom. The lowest BCUT2D eigenvalue weighted by Crippen LogP contribution is -2.33. The van der Waals surface area contributed by atoms with Crippen molar-refractivity contribution in [2.75, 3.05) is 29.9 Å². The number of nitrogens with one attached hydrogen (secondary N) is 2. The zero-order valence-corrected chi connectivity index (χ0v) is 25.7. The second kappa shape index (κ2) is 12.7. The van der Waals surface area contributed by atoms with Crippen LogP contribution in [0.5, 0.6) is 0 Å². The second-order valence-corrected chi connectivity index (χ2v) is 11.9. The smallest absolute Gasteiger partial charge is 0.412 e. The number of rotatable bonds is 8. The SMILES string of the molecule is CCN(CC)c1ccc2c(C)c(-c3ccc(NC(=O)OC(C)(C)C)c(CCNC(=O)OC(C)(C)C)c3)c(=O)oc2c1. The third-order valence-corrected chi connectivity index (χ3v) is 6.37. The van der Waals surface area contributed by atoms with Gasteiger partial charge < -0.3 is 24.1 Å². The van der Waals surface area contributed by atoms with Gasteiger partial charge in [-0.25, -0.2) is 14.4 Å². The van der Waals surface area contributed by atoms with E-state index in [0.29, 0.717) is 34.4 Å². The molecule has 2 aromatic carbocycles. The molecule has 1 heterocycles. The molecule has 0 saturated carbocycles. The molecule has 0 saturated heterocycles. The van der Waals surface area contributed by atoms with Crippen molar-refractivity contribution in [3.05, 3.63) is 57.9 Å². The number of anilines is 2. The van der Waals surface area contributed by atoms with Crippen molar-refractivity contribution in [1.29, 1.82) is 0 Å². The van der Waals surface area contributed by atoms with E-state index in [1.807, 2.05) is 31.2 Å². The molecule has 2 N–H and O–H groups in total. The Bertz CT molecular complexity index is 1460. The van der Waals surface area contributed by atoms with E-state index < -0.39 is 29.0 Å². The Hall–Kier alpha value is -4.01. The highest BCUT2D eigenvalue weighted by Gasteiger charge is 2.20. The Morgan fingerprint density at radius 3 is 2.15 bits per heavy atom. The van der Waals surface area contributed by atoms with E-state index in [4.69, 9.17) is 13.9 Å². The van der Waals surface area contributed by atoms with E-state index in [1.54, 1.807) is 53.7 Å². The lowest BCUT2D eigenvalue weighted by Gasteiger charge is -2.22. The molecular weight excluding hydrogens is 522 g/mol. The number of nitrogens with zero attached hydrogens (tertiary/aromatic N) is 1. The predicted molar refractivity (Wildman–Crippen MR) is 164 cm³/mol. The molecule has 9 nitrogen and oxygen atoms in total. The van der Waals surface area contributed by atoms with Crippen LogP contribution in [0.2, 0.25) is 0 Å². The topological polar surface area (TPSA) is 110 Å². The summed E-state index contributed by atoms with van der Waals surface area (Å²) in [6, 6.07) is 11.3. The summed E-state index contributed by atoms with van der Waals surface area (Å²) in [7, 11) is 0. The monoisotopic (exact) mass is 565 g/mol. The molecule has 2 amide bonds. The Morgan fingerprint density at radius 2 is 1.54 bits per heavy atom. The first kappa shape index (κ1) is 31.5. The van der Waals surface area contributed by atoms with Crippen LogP contribution in [-0.2, 0) is 15.9 Å². The molecule has 222 valence electrons. The fourth-order valence-electron chi connectivity index (χ4n) is 4.57. The van der Waals surface area contributed by atoms with Crippen LogP contribution in [0.1, 0.15) is 66.5 Å². The number of carbonyl (C=O) groups is 2. The number of ether oxygens (including phenoxy) is 2. The van der Waals surface area contributed by atoms with Gasteiger partial charge in [0.2, 0.25) is 0 Å². The highest BCUT2D eigenvalue weighted by atomic mass is 16.6. The summed E-state index contributed by atoms with van der Waals surface area (Å²) >= 11 is 0. The third kappa shape index (κ3) is 8.49. The molecule has 9 heteroatoms. The maximum absolute atomic E-state index is 13.3. The highest BCUT2D eigenvalue weighted by Crippen LogP contribution is 2.31. The summed E-state index contributed by atoms with van der Waals surface area (Å²) in [6.07, 6.45) is -0.772. The van der Waals surface area contributed by atoms with Crippen LogP contribution < -0.4 is 21.2 Å². The van der Waals surface area contributed by atoms with E-state index in [1.165, 1.54) is 0 Å². The van der Waals surface area contributed by atoms with Crippen molar-refractivity contribution in [3.63, 3.8) is 0 Å². The van der Waals surface area contributed by atoms with Crippen LogP contribution in [0.25, 0.3) is 22.1 Å². The van der Waals surface area contributed by atoms with Crippen molar-refractivity contribution < 1.29 is 23.5 Å². The normalized spacial score (nSPS) is 11.7. The average Bonchev–Trinajstić information content (AvgIpc) is 2.83. The zero-order chi connectivity index (χ0) is 30.5. The van der Waals surface area contributed by atoms with Gasteiger partial charge in [-0.05, 0) is 110 Å². The van der Waals surface area contributed by atoms with E-state index in [2.05, 4.69) is 29.4 Å². The standard InChI is InChI=1S/C32H43N3O6/c1-10-35(11-2)23-13-14-24-20(3)27(28(36)39-26(24)19-23)22-12-15-25(34-30(38)41-32(7,8)9)21(18-22)16-17-33-29(37)40-31(4,5)6/h12-15,18-19H,10-11,16-17H2,1-9H3,(H,33,37)(H,34,38). The maximum atomic E-state index is 13.3. The van der Waals surface area contributed by atoms with Gasteiger partial charge in [-0.2, -0.15) is 0 Å². The molecule has 0 bridgehead atoms. The van der Waals surface area contributed by atoms with Gasteiger partial charge >= 0.3 is 17.8 Å². The summed E-state index contributed by atoms with van der Waals surface area (Å²) in [6.45, 7) is 18.7. The molecule has 1 aromatic heterocycles. The summed E-state index contributed by atoms with van der Waals surface area (Å²) in [5, 5.41) is 6.39.